The van der Waals surface area contributed by atoms with E-state index >= 15 is 0 Å². The summed E-state index contributed by atoms with van der Waals surface area (Å²) in [4.78, 5) is 11.6. The van der Waals surface area contributed by atoms with Crippen molar-refractivity contribution in [3.8, 4) is 0 Å². The van der Waals surface area contributed by atoms with E-state index in [1.807, 2.05) is 32.9 Å². The van der Waals surface area contributed by atoms with Gasteiger partial charge in [-0.2, -0.15) is 0 Å². The second-order valence-corrected chi connectivity index (χ2v) is 6.94. The molecule has 0 aliphatic carbocycles. The molecular weight excluding hydrogens is 292 g/mol. The molecule has 1 heterocycles. The molecule has 5 nitrogen and oxygen atoms in total. The van der Waals surface area contributed by atoms with Gasteiger partial charge in [0.15, 0.2) is 0 Å². The molecule has 23 heavy (non-hydrogen) atoms. The molecule has 128 valence electrons. The molecule has 0 bridgehead atoms. The van der Waals surface area contributed by atoms with Gasteiger partial charge in [-0.15, -0.1) is 0 Å². The van der Waals surface area contributed by atoms with Crippen LogP contribution in [-0.2, 0) is 22.6 Å². The lowest BCUT2D eigenvalue weighted by Crippen LogP contribution is -2.32. The van der Waals surface area contributed by atoms with Crippen LogP contribution in [0, 0.1) is 0 Å². The van der Waals surface area contributed by atoms with Crippen LogP contribution >= 0.6 is 0 Å². The Morgan fingerprint density at radius 2 is 1.87 bits per heavy atom. The fraction of sp³-hybridized carbons (Fsp3) is 0.611. The molecular formula is C18H28N2O3. The van der Waals surface area contributed by atoms with Crippen LogP contribution in [0.3, 0.4) is 0 Å². The predicted molar refractivity (Wildman–Crippen MR) is 90.2 cm³/mol. The third-order valence-electron chi connectivity index (χ3n) is 3.58. The Bertz CT molecular complexity index is 488. The largest absolute Gasteiger partial charge is 0.444 e. The molecule has 2 N–H and O–H groups in total. The molecule has 1 fully saturated rings. The van der Waals surface area contributed by atoms with Gasteiger partial charge < -0.3 is 20.1 Å². The zero-order valence-electron chi connectivity index (χ0n) is 14.4. The van der Waals surface area contributed by atoms with Gasteiger partial charge in [0.2, 0.25) is 0 Å². The number of hydrogen-bond donors (Lipinski definition) is 2. The average molecular weight is 320 g/mol. The minimum absolute atomic E-state index is 0.368. The van der Waals surface area contributed by atoms with Gasteiger partial charge in [0.1, 0.15) is 5.60 Å². The Morgan fingerprint density at radius 1 is 1.22 bits per heavy atom. The first kappa shape index (κ1) is 17.8. The van der Waals surface area contributed by atoms with Crippen molar-refractivity contribution in [3.05, 3.63) is 35.4 Å². The molecule has 5 heteroatoms. The lowest BCUT2D eigenvalue weighted by Gasteiger charge is -2.19. The molecule has 0 radical (unpaired) electrons. The van der Waals surface area contributed by atoms with Crippen molar-refractivity contribution in [2.24, 2.45) is 0 Å². The number of carbonyl (C=O) groups is 1. The Labute approximate surface area is 138 Å². The van der Waals surface area contributed by atoms with E-state index in [2.05, 4.69) is 22.8 Å². The first-order valence-electron chi connectivity index (χ1n) is 8.29. The standard InChI is InChI=1S/C18H28N2O3/c1-18(2,3)23-17(21)20-12-15-8-6-14(7-9-15)11-19-13-16-5-4-10-22-16/h6-9,16,19H,4-5,10-13H2,1-3H3,(H,20,21). The zero-order chi connectivity index (χ0) is 16.7. The van der Waals surface area contributed by atoms with Crippen LogP contribution < -0.4 is 10.6 Å². The van der Waals surface area contributed by atoms with E-state index in [-0.39, 0.29) is 6.09 Å². The first-order valence-corrected chi connectivity index (χ1v) is 8.29. The quantitative estimate of drug-likeness (QED) is 0.846. The maximum absolute atomic E-state index is 11.6. The summed E-state index contributed by atoms with van der Waals surface area (Å²) in [5.74, 6) is 0. The van der Waals surface area contributed by atoms with Gasteiger partial charge in [-0.1, -0.05) is 24.3 Å². The van der Waals surface area contributed by atoms with E-state index in [4.69, 9.17) is 9.47 Å². The van der Waals surface area contributed by atoms with Crippen LogP contribution in [0.1, 0.15) is 44.7 Å². The van der Waals surface area contributed by atoms with Crippen LogP contribution in [0.5, 0.6) is 0 Å². The minimum Gasteiger partial charge on any atom is -0.444 e. The Balaban J connectivity index is 1.68. The summed E-state index contributed by atoms with van der Waals surface area (Å²) in [6, 6.07) is 8.21. The van der Waals surface area contributed by atoms with Crippen LogP contribution in [0.2, 0.25) is 0 Å². The van der Waals surface area contributed by atoms with Gasteiger partial charge >= 0.3 is 6.09 Å². The third-order valence-corrected chi connectivity index (χ3v) is 3.58. The zero-order valence-corrected chi connectivity index (χ0v) is 14.4. The topological polar surface area (TPSA) is 59.6 Å². The first-order chi connectivity index (χ1) is 10.9. The lowest BCUT2D eigenvalue weighted by atomic mass is 10.1. The van der Waals surface area contributed by atoms with E-state index in [9.17, 15) is 4.79 Å². The van der Waals surface area contributed by atoms with Crippen molar-refractivity contribution in [1.82, 2.24) is 10.6 Å². The van der Waals surface area contributed by atoms with Gasteiger partial charge in [-0.25, -0.2) is 4.79 Å². The molecule has 0 spiro atoms. The molecule has 1 unspecified atom stereocenters. The summed E-state index contributed by atoms with van der Waals surface area (Å²) >= 11 is 0. The minimum atomic E-state index is -0.470. The van der Waals surface area contributed by atoms with E-state index in [0.29, 0.717) is 12.6 Å². The van der Waals surface area contributed by atoms with Crippen molar-refractivity contribution >= 4 is 6.09 Å². The van der Waals surface area contributed by atoms with Crippen molar-refractivity contribution in [2.75, 3.05) is 13.2 Å². The fourth-order valence-corrected chi connectivity index (χ4v) is 2.45. The van der Waals surface area contributed by atoms with Crippen molar-refractivity contribution in [3.63, 3.8) is 0 Å². The summed E-state index contributed by atoms with van der Waals surface area (Å²) in [7, 11) is 0. The molecule has 0 aromatic heterocycles. The number of hydrogen-bond acceptors (Lipinski definition) is 4. The number of nitrogens with one attached hydrogen (secondary N) is 2. The molecule has 1 saturated heterocycles. The van der Waals surface area contributed by atoms with Crippen LogP contribution in [0.15, 0.2) is 24.3 Å². The normalized spacial score (nSPS) is 18.0. The molecule has 1 aliphatic rings. The highest BCUT2D eigenvalue weighted by Gasteiger charge is 2.16. The molecule has 1 aliphatic heterocycles. The lowest BCUT2D eigenvalue weighted by molar-refractivity contribution is 0.0523. The molecule has 1 aromatic rings. The second kappa shape index (κ2) is 8.31. The van der Waals surface area contributed by atoms with Crippen molar-refractivity contribution < 1.29 is 14.3 Å². The summed E-state index contributed by atoms with van der Waals surface area (Å²) < 4.78 is 10.8. The number of rotatable bonds is 6. The highest BCUT2D eigenvalue weighted by Crippen LogP contribution is 2.11. The van der Waals surface area contributed by atoms with E-state index < -0.39 is 5.60 Å². The molecule has 0 saturated carbocycles. The molecule has 1 atom stereocenters. The highest BCUT2D eigenvalue weighted by molar-refractivity contribution is 5.67. The Morgan fingerprint density at radius 3 is 2.43 bits per heavy atom. The molecule has 1 amide bonds. The maximum Gasteiger partial charge on any atom is 0.407 e. The van der Waals surface area contributed by atoms with Gasteiger partial charge in [-0.05, 0) is 44.7 Å². The summed E-state index contributed by atoms with van der Waals surface area (Å²) in [5, 5.41) is 6.19. The van der Waals surface area contributed by atoms with Crippen LogP contribution in [-0.4, -0.2) is 30.9 Å². The maximum atomic E-state index is 11.6. The van der Waals surface area contributed by atoms with Crippen molar-refractivity contribution in [2.45, 2.75) is 58.4 Å². The Kier molecular flexibility index (Phi) is 6.42. The monoisotopic (exact) mass is 320 g/mol. The SMILES string of the molecule is CC(C)(C)OC(=O)NCc1ccc(CNCC2CCCO2)cc1. The van der Waals surface area contributed by atoms with Crippen molar-refractivity contribution in [1.29, 1.82) is 0 Å². The van der Waals surface area contributed by atoms with E-state index in [1.54, 1.807) is 0 Å². The number of amides is 1. The van der Waals surface area contributed by atoms with Gasteiger partial charge in [0.05, 0.1) is 6.10 Å². The number of ether oxygens (including phenoxy) is 2. The highest BCUT2D eigenvalue weighted by atomic mass is 16.6. The van der Waals surface area contributed by atoms with Gasteiger partial charge in [-0.3, -0.25) is 0 Å². The number of benzene rings is 1. The molecule has 2 rings (SSSR count). The van der Waals surface area contributed by atoms with Gasteiger partial charge in [0.25, 0.3) is 0 Å². The summed E-state index contributed by atoms with van der Waals surface area (Å²) in [6.45, 7) is 8.66. The van der Waals surface area contributed by atoms with Crippen LogP contribution in [0.4, 0.5) is 4.79 Å². The van der Waals surface area contributed by atoms with E-state index in [1.165, 1.54) is 12.0 Å². The number of carbonyl (C=O) groups excluding carboxylic acids is 1. The summed E-state index contributed by atoms with van der Waals surface area (Å²) in [5.41, 5.74) is 1.81. The molecule has 1 aromatic carbocycles. The Hall–Kier alpha value is -1.59. The predicted octanol–water partition coefficient (Wildman–Crippen LogP) is 2.98. The van der Waals surface area contributed by atoms with Crippen LogP contribution in [0.25, 0.3) is 0 Å². The third kappa shape index (κ3) is 7.01. The van der Waals surface area contributed by atoms with Gasteiger partial charge in [0, 0.05) is 26.2 Å². The average Bonchev–Trinajstić information content (AvgIpc) is 2.98. The smallest absolute Gasteiger partial charge is 0.407 e. The summed E-state index contributed by atoms with van der Waals surface area (Å²) in [6.07, 6.45) is 2.31. The number of alkyl carbamates (subject to hydrolysis) is 1. The second-order valence-electron chi connectivity index (χ2n) is 6.94. The fourth-order valence-electron chi connectivity index (χ4n) is 2.45. The van der Waals surface area contributed by atoms with E-state index in [0.717, 1.165) is 31.7 Å².